The standard InChI is InChI=1S/C23H29N3O/c27-23(21-11-14-26(17-21)22-7-2-1-3-8-22)25-16-18-5-4-6-20(15-18)19-9-12-24-13-10-19/h4-6,9-10,12-13,15,21-22H,1-3,7-8,11,14,16-17H2,(H,25,27). The van der Waals surface area contributed by atoms with Gasteiger partial charge in [-0.15, -0.1) is 0 Å². The van der Waals surface area contributed by atoms with Crippen LogP contribution in [-0.2, 0) is 11.3 Å². The second-order valence-electron chi connectivity index (χ2n) is 7.93. The van der Waals surface area contributed by atoms with E-state index in [0.29, 0.717) is 12.6 Å². The van der Waals surface area contributed by atoms with Gasteiger partial charge in [0.15, 0.2) is 0 Å². The summed E-state index contributed by atoms with van der Waals surface area (Å²) in [5, 5.41) is 3.17. The van der Waals surface area contributed by atoms with E-state index in [1.165, 1.54) is 32.1 Å². The van der Waals surface area contributed by atoms with Crippen LogP contribution in [0.3, 0.4) is 0 Å². The minimum Gasteiger partial charge on any atom is -0.352 e. The van der Waals surface area contributed by atoms with E-state index in [0.717, 1.165) is 36.2 Å². The Bertz CT molecular complexity index is 755. The van der Waals surface area contributed by atoms with E-state index in [-0.39, 0.29) is 11.8 Å². The van der Waals surface area contributed by atoms with Crippen LogP contribution < -0.4 is 5.32 Å². The first-order chi connectivity index (χ1) is 13.3. The van der Waals surface area contributed by atoms with Crippen molar-refractivity contribution in [3.63, 3.8) is 0 Å². The maximum absolute atomic E-state index is 12.7. The van der Waals surface area contributed by atoms with Crippen LogP contribution in [0.4, 0.5) is 0 Å². The molecule has 1 aromatic carbocycles. The molecule has 1 aliphatic carbocycles. The van der Waals surface area contributed by atoms with Crippen LogP contribution in [0.25, 0.3) is 11.1 Å². The molecule has 0 radical (unpaired) electrons. The van der Waals surface area contributed by atoms with Crippen molar-refractivity contribution in [1.29, 1.82) is 0 Å². The van der Waals surface area contributed by atoms with Crippen LogP contribution in [0.2, 0.25) is 0 Å². The van der Waals surface area contributed by atoms with Crippen LogP contribution in [-0.4, -0.2) is 34.9 Å². The maximum Gasteiger partial charge on any atom is 0.224 e. The molecule has 4 rings (SSSR count). The van der Waals surface area contributed by atoms with Crippen LogP contribution in [0, 0.1) is 5.92 Å². The molecule has 0 bridgehead atoms. The van der Waals surface area contributed by atoms with E-state index in [4.69, 9.17) is 0 Å². The molecule has 0 spiro atoms. The average molecular weight is 364 g/mol. The highest BCUT2D eigenvalue weighted by atomic mass is 16.1. The largest absolute Gasteiger partial charge is 0.352 e. The lowest BCUT2D eigenvalue weighted by molar-refractivity contribution is -0.124. The zero-order chi connectivity index (χ0) is 18.5. The molecule has 4 nitrogen and oxygen atoms in total. The lowest BCUT2D eigenvalue weighted by atomic mass is 9.94. The molecule has 2 aromatic rings. The van der Waals surface area contributed by atoms with Crippen molar-refractivity contribution in [2.75, 3.05) is 13.1 Å². The third-order valence-corrected chi connectivity index (χ3v) is 6.09. The molecule has 1 N–H and O–H groups in total. The predicted molar refractivity (Wildman–Crippen MR) is 108 cm³/mol. The second kappa shape index (κ2) is 8.66. The highest BCUT2D eigenvalue weighted by Crippen LogP contribution is 2.28. The van der Waals surface area contributed by atoms with Gasteiger partial charge in [0.05, 0.1) is 5.92 Å². The Morgan fingerprint density at radius 3 is 2.67 bits per heavy atom. The van der Waals surface area contributed by atoms with Crippen molar-refractivity contribution < 1.29 is 4.79 Å². The summed E-state index contributed by atoms with van der Waals surface area (Å²) >= 11 is 0. The molecule has 1 unspecified atom stereocenters. The Hall–Kier alpha value is -2.20. The van der Waals surface area contributed by atoms with Crippen molar-refractivity contribution in [1.82, 2.24) is 15.2 Å². The molecule has 1 amide bonds. The van der Waals surface area contributed by atoms with Gasteiger partial charge in [-0.3, -0.25) is 14.7 Å². The predicted octanol–water partition coefficient (Wildman–Crippen LogP) is 4.02. The van der Waals surface area contributed by atoms with E-state index >= 15 is 0 Å². The average Bonchev–Trinajstić information content (AvgIpc) is 3.24. The van der Waals surface area contributed by atoms with Gasteiger partial charge in [0.1, 0.15) is 0 Å². The number of hydrogen-bond acceptors (Lipinski definition) is 3. The normalized spacial score (nSPS) is 21.3. The quantitative estimate of drug-likeness (QED) is 0.873. The molecule has 142 valence electrons. The molecule has 4 heteroatoms. The van der Waals surface area contributed by atoms with Crippen LogP contribution in [0.1, 0.15) is 44.1 Å². The summed E-state index contributed by atoms with van der Waals surface area (Å²) in [6.45, 7) is 2.62. The number of carbonyl (C=O) groups is 1. The van der Waals surface area contributed by atoms with Crippen LogP contribution in [0.15, 0.2) is 48.8 Å². The molecule has 1 saturated heterocycles. The van der Waals surface area contributed by atoms with Gasteiger partial charge in [-0.25, -0.2) is 0 Å². The summed E-state index contributed by atoms with van der Waals surface area (Å²) in [5.41, 5.74) is 3.45. The van der Waals surface area contributed by atoms with Gasteiger partial charge in [0.25, 0.3) is 0 Å². The lowest BCUT2D eigenvalue weighted by Gasteiger charge is -2.30. The molecule has 1 aromatic heterocycles. The van der Waals surface area contributed by atoms with Gasteiger partial charge < -0.3 is 5.32 Å². The third kappa shape index (κ3) is 4.56. The monoisotopic (exact) mass is 363 g/mol. The number of hydrogen-bond donors (Lipinski definition) is 1. The molecule has 2 fully saturated rings. The van der Waals surface area contributed by atoms with Crippen LogP contribution in [0.5, 0.6) is 0 Å². The minimum absolute atomic E-state index is 0.148. The minimum atomic E-state index is 0.148. The first-order valence-electron chi connectivity index (χ1n) is 10.3. The number of pyridine rings is 1. The fourth-order valence-electron chi connectivity index (χ4n) is 4.52. The van der Waals surface area contributed by atoms with E-state index in [1.54, 1.807) is 0 Å². The number of amides is 1. The first kappa shape index (κ1) is 18.2. The number of carbonyl (C=O) groups excluding carboxylic acids is 1. The molecule has 1 aliphatic heterocycles. The number of nitrogens with one attached hydrogen (secondary N) is 1. The van der Waals surface area contributed by atoms with E-state index in [1.807, 2.05) is 24.5 Å². The van der Waals surface area contributed by atoms with Gasteiger partial charge in [-0.2, -0.15) is 0 Å². The van der Waals surface area contributed by atoms with E-state index in [2.05, 4.69) is 39.5 Å². The molecule has 2 aliphatic rings. The molecule has 27 heavy (non-hydrogen) atoms. The molecule has 1 saturated carbocycles. The fraction of sp³-hybridized carbons (Fsp3) is 0.478. The smallest absolute Gasteiger partial charge is 0.224 e. The number of aromatic nitrogens is 1. The third-order valence-electron chi connectivity index (χ3n) is 6.09. The van der Waals surface area contributed by atoms with Gasteiger partial charge in [-0.05, 0) is 60.7 Å². The number of likely N-dealkylation sites (tertiary alicyclic amines) is 1. The zero-order valence-electron chi connectivity index (χ0n) is 15.9. The van der Waals surface area contributed by atoms with Gasteiger partial charge >= 0.3 is 0 Å². The lowest BCUT2D eigenvalue weighted by Crippen LogP contribution is -2.37. The summed E-state index contributed by atoms with van der Waals surface area (Å²) < 4.78 is 0. The maximum atomic E-state index is 12.7. The molecular weight excluding hydrogens is 334 g/mol. The van der Waals surface area contributed by atoms with E-state index < -0.39 is 0 Å². The van der Waals surface area contributed by atoms with Gasteiger partial charge in [0.2, 0.25) is 5.91 Å². The molecule has 1 atom stereocenters. The van der Waals surface area contributed by atoms with Crippen molar-refractivity contribution in [3.8, 4) is 11.1 Å². The zero-order valence-corrected chi connectivity index (χ0v) is 15.9. The SMILES string of the molecule is O=C(NCc1cccc(-c2ccncc2)c1)C1CCN(C2CCCCC2)C1. The molecular formula is C23H29N3O. The highest BCUT2D eigenvalue weighted by molar-refractivity contribution is 5.79. The number of nitrogens with zero attached hydrogens (tertiary/aromatic N) is 2. The number of rotatable bonds is 5. The Labute approximate surface area is 162 Å². The Kier molecular flexibility index (Phi) is 5.83. The van der Waals surface area contributed by atoms with Crippen molar-refractivity contribution in [3.05, 3.63) is 54.4 Å². The topological polar surface area (TPSA) is 45.2 Å². The van der Waals surface area contributed by atoms with Crippen molar-refractivity contribution in [2.45, 2.75) is 51.1 Å². The van der Waals surface area contributed by atoms with E-state index in [9.17, 15) is 4.79 Å². The van der Waals surface area contributed by atoms with Crippen molar-refractivity contribution in [2.24, 2.45) is 5.92 Å². The Morgan fingerprint density at radius 1 is 1.04 bits per heavy atom. The van der Waals surface area contributed by atoms with Crippen molar-refractivity contribution >= 4 is 5.91 Å². The second-order valence-corrected chi connectivity index (χ2v) is 7.93. The Morgan fingerprint density at radius 2 is 1.85 bits per heavy atom. The Balaban J connectivity index is 1.31. The summed E-state index contributed by atoms with van der Waals surface area (Å²) in [6.07, 6.45) is 11.3. The summed E-state index contributed by atoms with van der Waals surface area (Å²) in [6, 6.07) is 13.1. The fourth-order valence-corrected chi connectivity index (χ4v) is 4.52. The summed E-state index contributed by atoms with van der Waals surface area (Å²) in [7, 11) is 0. The summed E-state index contributed by atoms with van der Waals surface area (Å²) in [4.78, 5) is 19.3. The summed E-state index contributed by atoms with van der Waals surface area (Å²) in [5.74, 6) is 0.359. The highest BCUT2D eigenvalue weighted by Gasteiger charge is 2.32. The van der Waals surface area contributed by atoms with Gasteiger partial charge in [-0.1, -0.05) is 37.5 Å². The number of benzene rings is 1. The van der Waals surface area contributed by atoms with Gasteiger partial charge in [0, 0.05) is 31.5 Å². The van der Waals surface area contributed by atoms with Crippen LogP contribution >= 0.6 is 0 Å². The molecule has 2 heterocycles. The first-order valence-corrected chi connectivity index (χ1v) is 10.3.